The van der Waals surface area contributed by atoms with E-state index in [9.17, 15) is 5.11 Å². The van der Waals surface area contributed by atoms with Crippen molar-refractivity contribution < 1.29 is 9.52 Å². The Hall–Kier alpha value is -2.14. The van der Waals surface area contributed by atoms with E-state index in [-0.39, 0.29) is 5.75 Å². The van der Waals surface area contributed by atoms with Crippen LogP contribution in [0.1, 0.15) is 11.5 Å². The van der Waals surface area contributed by atoms with Gasteiger partial charge in [0.2, 0.25) is 0 Å². The van der Waals surface area contributed by atoms with Gasteiger partial charge in [0, 0.05) is 23.2 Å². The van der Waals surface area contributed by atoms with Crippen molar-refractivity contribution in [1.82, 2.24) is 4.98 Å². The summed E-state index contributed by atoms with van der Waals surface area (Å²) in [6.07, 6.45) is 1.62. The molecule has 0 atom stereocenters. The Balaban J connectivity index is 1.95. The highest BCUT2D eigenvalue weighted by molar-refractivity contribution is 9.10. The minimum Gasteiger partial charge on any atom is -0.507 e. The van der Waals surface area contributed by atoms with Gasteiger partial charge in [-0.1, -0.05) is 15.9 Å². The third-order valence-corrected chi connectivity index (χ3v) is 3.31. The Morgan fingerprint density at radius 3 is 2.95 bits per heavy atom. The van der Waals surface area contributed by atoms with Crippen LogP contribution in [0.4, 0.5) is 5.69 Å². The molecule has 1 heterocycles. The van der Waals surface area contributed by atoms with E-state index < -0.39 is 0 Å². The fourth-order valence-electron chi connectivity index (χ4n) is 1.88. The topological polar surface area (TPSA) is 58.6 Å². The quantitative estimate of drug-likeness (QED) is 0.710. The molecule has 0 saturated heterocycles. The molecule has 0 aliphatic carbocycles. The first kappa shape index (κ1) is 12.9. The van der Waals surface area contributed by atoms with Crippen molar-refractivity contribution in [2.75, 3.05) is 0 Å². The summed E-state index contributed by atoms with van der Waals surface area (Å²) >= 11 is 3.36. The van der Waals surface area contributed by atoms with Crippen molar-refractivity contribution in [1.29, 1.82) is 0 Å². The molecule has 0 radical (unpaired) electrons. The Morgan fingerprint density at radius 2 is 2.10 bits per heavy atom. The van der Waals surface area contributed by atoms with Gasteiger partial charge in [-0.15, -0.1) is 0 Å². The summed E-state index contributed by atoms with van der Waals surface area (Å²) in [5.74, 6) is 0.820. The summed E-state index contributed by atoms with van der Waals surface area (Å²) in [5.41, 5.74) is 2.92. The number of aliphatic imine (C=N–C) groups is 1. The lowest BCUT2D eigenvalue weighted by Gasteiger charge is -1.99. The zero-order chi connectivity index (χ0) is 14.1. The number of rotatable bonds is 2. The first-order valence-corrected chi connectivity index (χ1v) is 6.81. The summed E-state index contributed by atoms with van der Waals surface area (Å²) < 4.78 is 6.30. The van der Waals surface area contributed by atoms with E-state index in [1.165, 1.54) is 0 Å². The standard InChI is InChI=1S/C15H11BrN2O2/c1-9-18-13-7-12(3-5-15(13)20-9)17-8-10-6-11(16)2-4-14(10)19/h2-8,19H,1H3. The maximum absolute atomic E-state index is 9.75. The largest absolute Gasteiger partial charge is 0.507 e. The van der Waals surface area contributed by atoms with Crippen LogP contribution >= 0.6 is 15.9 Å². The molecule has 0 fully saturated rings. The Bertz CT molecular complexity index is 809. The number of phenols is 1. The molecule has 0 amide bonds. The van der Waals surface area contributed by atoms with Crippen LogP contribution < -0.4 is 0 Å². The number of aromatic nitrogens is 1. The van der Waals surface area contributed by atoms with Gasteiger partial charge in [-0.2, -0.15) is 0 Å². The van der Waals surface area contributed by atoms with Crippen LogP contribution in [0, 0.1) is 6.92 Å². The number of hydrogen-bond acceptors (Lipinski definition) is 4. The predicted molar refractivity (Wildman–Crippen MR) is 81.8 cm³/mol. The minimum atomic E-state index is 0.190. The van der Waals surface area contributed by atoms with E-state index in [1.54, 1.807) is 24.4 Å². The SMILES string of the molecule is Cc1nc2cc(N=Cc3cc(Br)ccc3O)ccc2o1. The lowest BCUT2D eigenvalue weighted by molar-refractivity contribution is 0.474. The summed E-state index contributed by atoms with van der Waals surface area (Å²) in [6.45, 7) is 1.81. The number of hydrogen-bond donors (Lipinski definition) is 1. The molecular weight excluding hydrogens is 320 g/mol. The molecule has 5 heteroatoms. The number of oxazole rings is 1. The van der Waals surface area contributed by atoms with Crippen LogP contribution in [0.15, 0.2) is 50.3 Å². The highest BCUT2D eigenvalue weighted by Crippen LogP contribution is 2.23. The van der Waals surface area contributed by atoms with Crippen molar-refractivity contribution >= 4 is 38.9 Å². The summed E-state index contributed by atoms with van der Waals surface area (Å²) in [6, 6.07) is 10.7. The van der Waals surface area contributed by atoms with Gasteiger partial charge in [0.15, 0.2) is 11.5 Å². The maximum atomic E-state index is 9.75. The zero-order valence-electron chi connectivity index (χ0n) is 10.7. The first-order valence-electron chi connectivity index (χ1n) is 6.01. The fraction of sp³-hybridized carbons (Fsp3) is 0.0667. The molecule has 4 nitrogen and oxygen atoms in total. The molecule has 1 aromatic heterocycles. The third kappa shape index (κ3) is 2.58. The Labute approximate surface area is 123 Å². The van der Waals surface area contributed by atoms with Crippen molar-refractivity contribution in [3.05, 3.63) is 52.3 Å². The number of benzene rings is 2. The van der Waals surface area contributed by atoms with Crippen LogP contribution in [0.2, 0.25) is 0 Å². The summed E-state index contributed by atoms with van der Waals surface area (Å²) in [7, 11) is 0. The second-order valence-corrected chi connectivity index (χ2v) is 5.26. The van der Waals surface area contributed by atoms with Crippen molar-refractivity contribution in [3.8, 4) is 5.75 Å². The average Bonchev–Trinajstić information content (AvgIpc) is 2.79. The van der Waals surface area contributed by atoms with Crippen LogP contribution in [-0.4, -0.2) is 16.3 Å². The maximum Gasteiger partial charge on any atom is 0.192 e. The molecule has 0 unspecified atom stereocenters. The van der Waals surface area contributed by atoms with Gasteiger partial charge < -0.3 is 9.52 Å². The van der Waals surface area contributed by atoms with Gasteiger partial charge >= 0.3 is 0 Å². The van der Waals surface area contributed by atoms with E-state index in [0.717, 1.165) is 21.3 Å². The Kier molecular flexibility index (Phi) is 3.28. The lowest BCUT2D eigenvalue weighted by atomic mass is 10.2. The zero-order valence-corrected chi connectivity index (χ0v) is 12.3. The molecule has 0 spiro atoms. The minimum absolute atomic E-state index is 0.190. The average molecular weight is 331 g/mol. The second-order valence-electron chi connectivity index (χ2n) is 4.35. The molecule has 3 aromatic rings. The van der Waals surface area contributed by atoms with E-state index in [2.05, 4.69) is 25.9 Å². The van der Waals surface area contributed by atoms with Gasteiger partial charge in [0.05, 0.1) is 5.69 Å². The number of nitrogens with zero attached hydrogens (tertiary/aromatic N) is 2. The Morgan fingerprint density at radius 1 is 1.25 bits per heavy atom. The highest BCUT2D eigenvalue weighted by atomic mass is 79.9. The predicted octanol–water partition coefficient (Wildman–Crippen LogP) is 4.35. The molecule has 100 valence electrons. The van der Waals surface area contributed by atoms with E-state index in [1.807, 2.05) is 25.1 Å². The number of aryl methyl sites for hydroxylation is 1. The second kappa shape index (κ2) is 5.09. The van der Waals surface area contributed by atoms with E-state index >= 15 is 0 Å². The highest BCUT2D eigenvalue weighted by Gasteiger charge is 2.03. The smallest absolute Gasteiger partial charge is 0.192 e. The van der Waals surface area contributed by atoms with Gasteiger partial charge in [0.25, 0.3) is 0 Å². The fourth-order valence-corrected chi connectivity index (χ4v) is 2.26. The van der Waals surface area contributed by atoms with Crippen LogP contribution in [0.25, 0.3) is 11.1 Å². The van der Waals surface area contributed by atoms with Crippen molar-refractivity contribution in [2.45, 2.75) is 6.92 Å². The van der Waals surface area contributed by atoms with Gasteiger partial charge in [0.1, 0.15) is 11.3 Å². The summed E-state index contributed by atoms with van der Waals surface area (Å²) in [4.78, 5) is 8.61. The van der Waals surface area contributed by atoms with Gasteiger partial charge in [-0.3, -0.25) is 4.99 Å². The molecule has 2 aromatic carbocycles. The molecule has 1 N–H and O–H groups in total. The number of aromatic hydroxyl groups is 1. The molecule has 3 rings (SSSR count). The summed E-state index contributed by atoms with van der Waals surface area (Å²) in [5, 5.41) is 9.75. The van der Waals surface area contributed by atoms with Crippen LogP contribution in [0.5, 0.6) is 5.75 Å². The molecular formula is C15H11BrN2O2. The van der Waals surface area contributed by atoms with Gasteiger partial charge in [-0.25, -0.2) is 4.98 Å². The van der Waals surface area contributed by atoms with E-state index in [0.29, 0.717) is 11.5 Å². The van der Waals surface area contributed by atoms with Crippen LogP contribution in [0.3, 0.4) is 0 Å². The number of fused-ring (bicyclic) bond motifs is 1. The number of halogens is 1. The van der Waals surface area contributed by atoms with E-state index in [4.69, 9.17) is 4.42 Å². The molecule has 0 saturated carbocycles. The van der Waals surface area contributed by atoms with Crippen molar-refractivity contribution in [3.63, 3.8) is 0 Å². The van der Waals surface area contributed by atoms with Crippen molar-refractivity contribution in [2.24, 2.45) is 4.99 Å². The first-order chi connectivity index (χ1) is 9.61. The van der Waals surface area contributed by atoms with Gasteiger partial charge in [-0.05, 0) is 36.4 Å². The molecule has 20 heavy (non-hydrogen) atoms. The number of phenolic OH excluding ortho intramolecular Hbond substituents is 1. The lowest BCUT2D eigenvalue weighted by Crippen LogP contribution is -1.82. The van der Waals surface area contributed by atoms with Crippen LogP contribution in [-0.2, 0) is 0 Å². The monoisotopic (exact) mass is 330 g/mol. The normalized spacial score (nSPS) is 11.5. The molecule has 0 aliphatic rings. The third-order valence-electron chi connectivity index (χ3n) is 2.82. The molecule has 0 aliphatic heterocycles. The molecule has 0 bridgehead atoms.